The van der Waals surface area contributed by atoms with Crippen LogP contribution in [-0.2, 0) is 0 Å². The van der Waals surface area contributed by atoms with E-state index in [9.17, 15) is 0 Å². The van der Waals surface area contributed by atoms with Crippen LogP contribution in [0.4, 0.5) is 0 Å². The Bertz CT molecular complexity index is 389. The van der Waals surface area contributed by atoms with Crippen LogP contribution < -0.4 is 0 Å². The monoisotopic (exact) mass is 362 g/mol. The third-order valence-corrected chi connectivity index (χ3v) is 6.36. The molecule has 0 rings (SSSR count). The summed E-state index contributed by atoms with van der Waals surface area (Å²) in [6, 6.07) is 0. The number of hydrogen-bond donors (Lipinski definition) is 0. The van der Waals surface area contributed by atoms with Crippen molar-refractivity contribution in [3.05, 3.63) is 24.3 Å². The third kappa shape index (κ3) is 9.98. The van der Waals surface area contributed by atoms with Crippen LogP contribution in [0, 0.1) is 35.5 Å². The van der Waals surface area contributed by atoms with Gasteiger partial charge in [-0.3, -0.25) is 0 Å². The summed E-state index contributed by atoms with van der Waals surface area (Å²) < 4.78 is 0. The number of rotatable bonds is 15. The molecule has 0 heteroatoms. The van der Waals surface area contributed by atoms with Gasteiger partial charge < -0.3 is 0 Å². The van der Waals surface area contributed by atoms with Gasteiger partial charge in [0.1, 0.15) is 0 Å². The van der Waals surface area contributed by atoms with Gasteiger partial charge in [-0.15, -0.1) is 0 Å². The molecule has 0 aliphatic rings. The van der Waals surface area contributed by atoms with Gasteiger partial charge in [0.15, 0.2) is 0 Å². The van der Waals surface area contributed by atoms with E-state index in [-0.39, 0.29) is 0 Å². The van der Waals surface area contributed by atoms with Crippen LogP contribution in [0.5, 0.6) is 0 Å². The van der Waals surface area contributed by atoms with Crippen molar-refractivity contribution in [3.63, 3.8) is 0 Å². The molecule has 0 aromatic rings. The van der Waals surface area contributed by atoms with Crippen molar-refractivity contribution in [2.75, 3.05) is 0 Å². The Morgan fingerprint density at radius 2 is 1.15 bits per heavy atom. The van der Waals surface area contributed by atoms with Gasteiger partial charge in [0.25, 0.3) is 0 Å². The van der Waals surface area contributed by atoms with E-state index in [2.05, 4.69) is 68.5 Å². The quantitative estimate of drug-likeness (QED) is 0.255. The molecule has 0 saturated carbocycles. The van der Waals surface area contributed by atoms with E-state index in [0.717, 1.165) is 11.8 Å². The fraction of sp³-hybridized carbons (Fsp3) is 0.846. The molecule has 154 valence electrons. The maximum atomic E-state index is 4.40. The van der Waals surface area contributed by atoms with Crippen LogP contribution in [0.2, 0.25) is 0 Å². The highest BCUT2D eigenvalue weighted by molar-refractivity contribution is 5.11. The zero-order valence-corrected chi connectivity index (χ0v) is 19.5. The van der Waals surface area contributed by atoms with Crippen LogP contribution in [0.1, 0.15) is 107 Å². The lowest BCUT2D eigenvalue weighted by Crippen LogP contribution is -2.29. The second-order valence-corrected chi connectivity index (χ2v) is 9.85. The number of unbranched alkanes of at least 4 members (excludes halogenated alkanes) is 1. The van der Waals surface area contributed by atoms with E-state index < -0.39 is 0 Å². The van der Waals surface area contributed by atoms with Gasteiger partial charge in [0, 0.05) is 0 Å². The molecule has 5 unspecified atom stereocenters. The van der Waals surface area contributed by atoms with Gasteiger partial charge in [-0.1, -0.05) is 111 Å². The van der Waals surface area contributed by atoms with Crippen LogP contribution >= 0.6 is 0 Å². The molecule has 0 saturated heterocycles. The zero-order chi connectivity index (χ0) is 20.3. The summed E-state index contributed by atoms with van der Waals surface area (Å²) in [5.41, 5.74) is 2.72. The van der Waals surface area contributed by atoms with Crippen molar-refractivity contribution in [1.82, 2.24) is 0 Å². The van der Waals surface area contributed by atoms with Gasteiger partial charge >= 0.3 is 0 Å². The van der Waals surface area contributed by atoms with Gasteiger partial charge in [-0.2, -0.15) is 0 Å². The summed E-state index contributed by atoms with van der Waals surface area (Å²) in [5, 5.41) is 0. The van der Waals surface area contributed by atoms with E-state index in [1.165, 1.54) is 62.5 Å². The average Bonchev–Trinajstić information content (AvgIpc) is 2.54. The first kappa shape index (κ1) is 25.5. The Balaban J connectivity index is 4.82. The van der Waals surface area contributed by atoms with Crippen LogP contribution in [0.25, 0.3) is 0 Å². The van der Waals surface area contributed by atoms with Crippen molar-refractivity contribution in [1.29, 1.82) is 0 Å². The second-order valence-electron chi connectivity index (χ2n) is 9.85. The predicted octanol–water partition coefficient (Wildman–Crippen LogP) is 9.08. The molecular formula is C26H50. The maximum absolute atomic E-state index is 4.40. The Kier molecular flexibility index (Phi) is 13.3. The second kappa shape index (κ2) is 13.6. The molecular weight excluding hydrogens is 312 g/mol. The summed E-state index contributed by atoms with van der Waals surface area (Å²) >= 11 is 0. The fourth-order valence-electron chi connectivity index (χ4n) is 4.74. The molecule has 0 radical (unpaired) electrons. The van der Waals surface area contributed by atoms with E-state index in [1.54, 1.807) is 0 Å². The SMILES string of the molecule is C=C(C)C(C(C)CCCC)C(C(=C)C)C(C)CCC(C)CCCC(C)C. The minimum absolute atomic E-state index is 0.585. The fourth-order valence-corrected chi connectivity index (χ4v) is 4.74. The minimum Gasteiger partial charge on any atom is -0.0998 e. The van der Waals surface area contributed by atoms with E-state index in [4.69, 9.17) is 0 Å². The van der Waals surface area contributed by atoms with Crippen LogP contribution in [0.3, 0.4) is 0 Å². The van der Waals surface area contributed by atoms with Gasteiger partial charge in [0.05, 0.1) is 0 Å². The summed E-state index contributed by atoms with van der Waals surface area (Å²) in [5.74, 6) is 4.27. The molecule has 26 heavy (non-hydrogen) atoms. The first-order chi connectivity index (χ1) is 12.1. The van der Waals surface area contributed by atoms with Crippen molar-refractivity contribution < 1.29 is 0 Å². The first-order valence-electron chi connectivity index (χ1n) is 11.4. The molecule has 0 amide bonds. The molecule has 0 spiro atoms. The first-order valence-corrected chi connectivity index (χ1v) is 11.4. The molecule has 0 fully saturated rings. The topological polar surface area (TPSA) is 0 Å². The summed E-state index contributed by atoms with van der Waals surface area (Å²) in [6.45, 7) is 27.6. The maximum Gasteiger partial charge on any atom is -0.0115 e. The summed E-state index contributed by atoms with van der Waals surface area (Å²) in [6.07, 6.45) is 10.8. The van der Waals surface area contributed by atoms with Crippen LogP contribution in [0.15, 0.2) is 24.3 Å². The Morgan fingerprint density at radius 3 is 1.58 bits per heavy atom. The Morgan fingerprint density at radius 1 is 0.654 bits per heavy atom. The van der Waals surface area contributed by atoms with Gasteiger partial charge in [-0.05, 0) is 55.8 Å². The molecule has 0 nitrogen and oxygen atoms in total. The summed E-state index contributed by atoms with van der Waals surface area (Å²) in [7, 11) is 0. The Hall–Kier alpha value is -0.520. The Labute approximate surface area is 166 Å². The highest BCUT2D eigenvalue weighted by Crippen LogP contribution is 2.40. The van der Waals surface area contributed by atoms with Crippen molar-refractivity contribution in [2.24, 2.45) is 35.5 Å². The largest absolute Gasteiger partial charge is 0.0998 e. The lowest BCUT2D eigenvalue weighted by atomic mass is 9.67. The van der Waals surface area contributed by atoms with Crippen molar-refractivity contribution >= 4 is 0 Å². The average molecular weight is 363 g/mol. The molecule has 5 atom stereocenters. The van der Waals surface area contributed by atoms with Crippen molar-refractivity contribution in [2.45, 2.75) is 107 Å². The smallest absolute Gasteiger partial charge is 0.0115 e. The third-order valence-electron chi connectivity index (χ3n) is 6.36. The predicted molar refractivity (Wildman–Crippen MR) is 122 cm³/mol. The normalized spacial score (nSPS) is 17.6. The number of allylic oxidation sites excluding steroid dienone is 2. The van der Waals surface area contributed by atoms with E-state index in [0.29, 0.717) is 23.7 Å². The standard InChI is InChI=1S/C26H50/c1-11-12-16-23(9)25(20(4)5)26(21(6)7)24(10)18-17-22(8)15-13-14-19(2)3/h19,22-26H,4,6,11-18H2,1-3,5,7-10H3. The molecule has 0 N–H and O–H groups in total. The number of hydrogen-bond acceptors (Lipinski definition) is 0. The molecule has 0 heterocycles. The molecule has 0 aliphatic carbocycles. The van der Waals surface area contributed by atoms with Gasteiger partial charge in [0.2, 0.25) is 0 Å². The highest BCUT2D eigenvalue weighted by atomic mass is 14.4. The lowest BCUT2D eigenvalue weighted by Gasteiger charge is -2.37. The van der Waals surface area contributed by atoms with E-state index in [1.807, 2.05) is 0 Å². The van der Waals surface area contributed by atoms with E-state index >= 15 is 0 Å². The lowest BCUT2D eigenvalue weighted by molar-refractivity contribution is 0.216. The van der Waals surface area contributed by atoms with Gasteiger partial charge in [-0.25, -0.2) is 0 Å². The molecule has 0 aromatic heterocycles. The molecule has 0 aromatic carbocycles. The van der Waals surface area contributed by atoms with Crippen molar-refractivity contribution in [3.8, 4) is 0 Å². The summed E-state index contributed by atoms with van der Waals surface area (Å²) in [4.78, 5) is 0. The van der Waals surface area contributed by atoms with Crippen LogP contribution in [-0.4, -0.2) is 0 Å². The molecule has 0 aliphatic heterocycles. The zero-order valence-electron chi connectivity index (χ0n) is 19.5. The minimum atomic E-state index is 0.585. The highest BCUT2D eigenvalue weighted by Gasteiger charge is 2.31. The molecule has 0 bridgehead atoms.